The van der Waals surface area contributed by atoms with Crippen molar-refractivity contribution in [3.8, 4) is 0 Å². The maximum absolute atomic E-state index is 12.4. The highest BCUT2D eigenvalue weighted by Gasteiger charge is 2.15. The Morgan fingerprint density at radius 2 is 2.00 bits per heavy atom. The molecule has 0 fully saturated rings. The van der Waals surface area contributed by atoms with Gasteiger partial charge in [-0.3, -0.25) is 9.48 Å². The largest absolute Gasteiger partial charge is 0.465 e. The predicted octanol–water partition coefficient (Wildman–Crippen LogP) is 4.17. The van der Waals surface area contributed by atoms with Gasteiger partial charge in [0.15, 0.2) is 0 Å². The molecule has 1 aromatic heterocycles. The fourth-order valence-electron chi connectivity index (χ4n) is 2.94. The van der Waals surface area contributed by atoms with E-state index < -0.39 is 5.97 Å². The highest BCUT2D eigenvalue weighted by atomic mass is 35.5. The minimum atomic E-state index is -0.481. The Bertz CT molecular complexity index is 843. The van der Waals surface area contributed by atoms with Crippen LogP contribution in [0.2, 0.25) is 5.02 Å². The SMILES string of the molecule is COC(=O)c1ccc(Cl)c(NC(=O)CCc2c(C)nn(CC(C)C)c2C)c1. The molecule has 146 valence electrons. The molecule has 0 bridgehead atoms. The first kappa shape index (κ1) is 21.0. The third-order valence-electron chi connectivity index (χ3n) is 4.33. The van der Waals surface area contributed by atoms with Crippen LogP contribution in [0.3, 0.4) is 0 Å². The van der Waals surface area contributed by atoms with Gasteiger partial charge in [0.05, 0.1) is 29.1 Å². The maximum atomic E-state index is 12.4. The number of carbonyl (C=O) groups is 2. The van der Waals surface area contributed by atoms with Crippen LogP contribution >= 0.6 is 11.6 Å². The van der Waals surface area contributed by atoms with E-state index in [0.717, 1.165) is 23.5 Å². The molecule has 1 heterocycles. The van der Waals surface area contributed by atoms with Crippen LogP contribution in [-0.2, 0) is 22.5 Å². The van der Waals surface area contributed by atoms with Crippen molar-refractivity contribution in [2.75, 3.05) is 12.4 Å². The van der Waals surface area contributed by atoms with Gasteiger partial charge in [-0.1, -0.05) is 25.4 Å². The first-order chi connectivity index (χ1) is 12.7. The molecular formula is C20H26ClN3O3. The highest BCUT2D eigenvalue weighted by Crippen LogP contribution is 2.24. The van der Waals surface area contributed by atoms with E-state index in [2.05, 4.69) is 24.3 Å². The number of nitrogens with zero attached hydrogens (tertiary/aromatic N) is 2. The Morgan fingerprint density at radius 1 is 1.30 bits per heavy atom. The number of rotatable bonds is 7. The molecule has 0 saturated carbocycles. The van der Waals surface area contributed by atoms with Crippen LogP contribution in [0.4, 0.5) is 5.69 Å². The summed E-state index contributed by atoms with van der Waals surface area (Å²) in [6.45, 7) is 9.15. The second-order valence-corrected chi connectivity index (χ2v) is 7.37. The van der Waals surface area contributed by atoms with E-state index in [4.69, 9.17) is 16.3 Å². The minimum absolute atomic E-state index is 0.172. The number of carbonyl (C=O) groups excluding carboxylic acids is 2. The molecule has 1 aromatic carbocycles. The first-order valence-corrected chi connectivity index (χ1v) is 9.31. The molecule has 0 spiro atoms. The minimum Gasteiger partial charge on any atom is -0.465 e. The van der Waals surface area contributed by atoms with Gasteiger partial charge in [-0.25, -0.2) is 4.79 Å². The van der Waals surface area contributed by atoms with Crippen molar-refractivity contribution in [1.82, 2.24) is 9.78 Å². The van der Waals surface area contributed by atoms with Gasteiger partial charge < -0.3 is 10.1 Å². The number of ether oxygens (including phenoxy) is 1. The monoisotopic (exact) mass is 391 g/mol. The van der Waals surface area contributed by atoms with E-state index in [1.54, 1.807) is 12.1 Å². The molecule has 0 aliphatic rings. The van der Waals surface area contributed by atoms with E-state index >= 15 is 0 Å². The van der Waals surface area contributed by atoms with Crippen LogP contribution in [0.15, 0.2) is 18.2 Å². The van der Waals surface area contributed by atoms with Gasteiger partial charge in [-0.2, -0.15) is 5.10 Å². The highest BCUT2D eigenvalue weighted by molar-refractivity contribution is 6.33. The van der Waals surface area contributed by atoms with Crippen LogP contribution in [0.5, 0.6) is 0 Å². The molecule has 27 heavy (non-hydrogen) atoms. The zero-order valence-corrected chi connectivity index (χ0v) is 17.2. The maximum Gasteiger partial charge on any atom is 0.337 e. The lowest BCUT2D eigenvalue weighted by molar-refractivity contribution is -0.116. The molecule has 2 rings (SSSR count). The van der Waals surface area contributed by atoms with E-state index in [0.29, 0.717) is 35.0 Å². The smallest absolute Gasteiger partial charge is 0.337 e. The summed E-state index contributed by atoms with van der Waals surface area (Å²) in [5, 5.41) is 7.72. The quantitative estimate of drug-likeness (QED) is 0.719. The van der Waals surface area contributed by atoms with Gasteiger partial charge >= 0.3 is 5.97 Å². The van der Waals surface area contributed by atoms with Crippen LogP contribution in [0.25, 0.3) is 0 Å². The molecular weight excluding hydrogens is 366 g/mol. The summed E-state index contributed by atoms with van der Waals surface area (Å²) < 4.78 is 6.70. The Morgan fingerprint density at radius 3 is 2.63 bits per heavy atom. The number of anilines is 1. The fraction of sp³-hybridized carbons (Fsp3) is 0.450. The molecule has 0 atom stereocenters. The lowest BCUT2D eigenvalue weighted by atomic mass is 10.1. The van der Waals surface area contributed by atoms with Crippen molar-refractivity contribution in [2.24, 2.45) is 5.92 Å². The predicted molar refractivity (Wildman–Crippen MR) is 106 cm³/mol. The zero-order valence-electron chi connectivity index (χ0n) is 16.4. The summed E-state index contributed by atoms with van der Waals surface area (Å²) in [6.07, 6.45) is 0.893. The Hall–Kier alpha value is -2.34. The summed E-state index contributed by atoms with van der Waals surface area (Å²) in [4.78, 5) is 24.0. The molecule has 7 heteroatoms. The summed E-state index contributed by atoms with van der Waals surface area (Å²) in [6, 6.07) is 4.64. The second-order valence-electron chi connectivity index (χ2n) is 6.96. The number of benzene rings is 1. The summed E-state index contributed by atoms with van der Waals surface area (Å²) in [5.74, 6) is -0.149. The number of esters is 1. The van der Waals surface area contributed by atoms with E-state index in [-0.39, 0.29) is 5.91 Å². The normalized spacial score (nSPS) is 10.9. The van der Waals surface area contributed by atoms with Crippen molar-refractivity contribution in [1.29, 1.82) is 0 Å². The van der Waals surface area contributed by atoms with Crippen molar-refractivity contribution >= 4 is 29.2 Å². The summed E-state index contributed by atoms with van der Waals surface area (Å²) >= 11 is 6.13. The second kappa shape index (κ2) is 9.04. The molecule has 0 unspecified atom stereocenters. The number of hydrogen-bond acceptors (Lipinski definition) is 4. The molecule has 0 aliphatic carbocycles. The van der Waals surface area contributed by atoms with E-state index in [1.807, 2.05) is 18.5 Å². The molecule has 0 radical (unpaired) electrons. The number of amides is 1. The van der Waals surface area contributed by atoms with E-state index in [9.17, 15) is 9.59 Å². The van der Waals surface area contributed by atoms with Crippen LogP contribution < -0.4 is 5.32 Å². The fourth-order valence-corrected chi connectivity index (χ4v) is 3.10. The Kier molecular flexibility index (Phi) is 7.02. The zero-order chi connectivity index (χ0) is 20.1. The van der Waals surface area contributed by atoms with Crippen molar-refractivity contribution in [3.05, 3.63) is 45.7 Å². The number of nitrogens with one attached hydrogen (secondary N) is 1. The molecule has 1 N–H and O–H groups in total. The van der Waals surface area contributed by atoms with Gasteiger partial charge in [-0.15, -0.1) is 0 Å². The number of aromatic nitrogens is 2. The van der Waals surface area contributed by atoms with Crippen LogP contribution in [0.1, 0.15) is 47.6 Å². The van der Waals surface area contributed by atoms with Crippen molar-refractivity contribution in [2.45, 2.75) is 47.1 Å². The number of halogens is 1. The van der Waals surface area contributed by atoms with Crippen molar-refractivity contribution in [3.63, 3.8) is 0 Å². The summed E-state index contributed by atoms with van der Waals surface area (Å²) in [5.41, 5.74) is 3.87. The van der Waals surface area contributed by atoms with Gasteiger partial charge in [0.25, 0.3) is 0 Å². The Balaban J connectivity index is 2.05. The van der Waals surface area contributed by atoms with Crippen LogP contribution in [-0.4, -0.2) is 28.8 Å². The Labute approximate surface area is 164 Å². The molecule has 2 aromatic rings. The number of hydrogen-bond donors (Lipinski definition) is 1. The third kappa shape index (κ3) is 5.32. The standard InChI is InChI=1S/C20H26ClN3O3/c1-12(2)11-24-14(4)16(13(3)23-24)7-9-19(25)22-18-10-15(20(26)27-5)6-8-17(18)21/h6,8,10,12H,7,9,11H2,1-5H3,(H,22,25). The molecule has 6 nitrogen and oxygen atoms in total. The number of aryl methyl sites for hydroxylation is 1. The first-order valence-electron chi connectivity index (χ1n) is 8.93. The van der Waals surface area contributed by atoms with Gasteiger partial charge in [0.1, 0.15) is 0 Å². The topological polar surface area (TPSA) is 73.2 Å². The van der Waals surface area contributed by atoms with Gasteiger partial charge in [0, 0.05) is 18.7 Å². The molecule has 0 aliphatic heterocycles. The lowest BCUT2D eigenvalue weighted by Crippen LogP contribution is -2.14. The van der Waals surface area contributed by atoms with Gasteiger partial charge in [-0.05, 0) is 49.9 Å². The summed E-state index contributed by atoms with van der Waals surface area (Å²) in [7, 11) is 1.30. The van der Waals surface area contributed by atoms with Crippen LogP contribution in [0, 0.1) is 19.8 Å². The molecule has 1 amide bonds. The van der Waals surface area contributed by atoms with E-state index in [1.165, 1.54) is 13.2 Å². The average molecular weight is 392 g/mol. The average Bonchev–Trinajstić information content (AvgIpc) is 2.87. The molecule has 0 saturated heterocycles. The third-order valence-corrected chi connectivity index (χ3v) is 4.66. The van der Waals surface area contributed by atoms with Crippen molar-refractivity contribution < 1.29 is 14.3 Å². The van der Waals surface area contributed by atoms with Gasteiger partial charge in [0.2, 0.25) is 5.91 Å². The lowest BCUT2D eigenvalue weighted by Gasteiger charge is -2.10. The number of methoxy groups -OCH3 is 1.